The molecule has 1 fully saturated rings. The Bertz CT molecular complexity index is 581. The van der Waals surface area contributed by atoms with E-state index in [9.17, 15) is 13.2 Å². The molecule has 1 aromatic rings. The molecule has 1 aliphatic carbocycles. The summed E-state index contributed by atoms with van der Waals surface area (Å²) in [6, 6.07) is 6.83. The van der Waals surface area contributed by atoms with Crippen LogP contribution >= 0.6 is 11.6 Å². The van der Waals surface area contributed by atoms with Crippen LogP contribution in [0.4, 0.5) is 0 Å². The third-order valence-corrected chi connectivity index (χ3v) is 5.35. The van der Waals surface area contributed by atoms with Crippen molar-refractivity contribution in [2.75, 3.05) is 0 Å². The van der Waals surface area contributed by atoms with Crippen molar-refractivity contribution >= 4 is 27.3 Å². The molecule has 0 saturated heterocycles. The molecular weight excluding hydrogens is 286 g/mol. The van der Waals surface area contributed by atoms with E-state index in [0.29, 0.717) is 10.6 Å². The van der Waals surface area contributed by atoms with Crippen molar-refractivity contribution in [3.05, 3.63) is 34.9 Å². The van der Waals surface area contributed by atoms with Crippen LogP contribution in [0.15, 0.2) is 24.3 Å². The van der Waals surface area contributed by atoms with Crippen molar-refractivity contribution in [2.45, 2.75) is 36.8 Å². The van der Waals surface area contributed by atoms with Gasteiger partial charge in [-0.1, -0.05) is 23.7 Å². The van der Waals surface area contributed by atoms with Gasteiger partial charge >= 0.3 is 0 Å². The lowest BCUT2D eigenvalue weighted by atomic mass is 10.2. The summed E-state index contributed by atoms with van der Waals surface area (Å²) in [4.78, 5) is 11.8. The average Bonchev–Trinajstić information content (AvgIpc) is 3.11. The number of amides is 1. The van der Waals surface area contributed by atoms with Crippen LogP contribution in [-0.2, 0) is 20.4 Å². The highest BCUT2D eigenvalue weighted by Crippen LogP contribution is 2.20. The molecule has 6 heteroatoms. The van der Waals surface area contributed by atoms with Crippen LogP contribution in [0.3, 0.4) is 0 Å². The molecule has 0 aliphatic heterocycles. The van der Waals surface area contributed by atoms with Crippen molar-refractivity contribution < 1.29 is 13.2 Å². The number of halogens is 1. The first kappa shape index (κ1) is 14.3. The Morgan fingerprint density at radius 1 is 1.47 bits per heavy atom. The molecule has 0 heterocycles. The van der Waals surface area contributed by atoms with E-state index in [0.717, 1.165) is 12.8 Å². The molecule has 0 radical (unpaired) electrons. The van der Waals surface area contributed by atoms with Crippen LogP contribution in [0.1, 0.15) is 25.3 Å². The summed E-state index contributed by atoms with van der Waals surface area (Å²) in [7, 11) is -3.52. The molecule has 1 amide bonds. The smallest absolute Gasteiger partial charge is 0.238 e. The van der Waals surface area contributed by atoms with Crippen molar-refractivity contribution in [3.63, 3.8) is 0 Å². The minimum atomic E-state index is -3.52. The summed E-state index contributed by atoms with van der Waals surface area (Å²) in [6.07, 6.45) is 1.87. The number of sulfone groups is 1. The van der Waals surface area contributed by atoms with E-state index in [1.165, 1.54) is 6.92 Å². The van der Waals surface area contributed by atoms with Gasteiger partial charge in [0, 0.05) is 11.1 Å². The number of carbonyl (C=O) groups excluding carboxylic acids is 1. The second-order valence-electron chi connectivity index (χ2n) is 4.86. The number of rotatable bonds is 5. The first-order valence-corrected chi connectivity index (χ1v) is 8.24. The number of hydrogen-bond acceptors (Lipinski definition) is 3. The summed E-state index contributed by atoms with van der Waals surface area (Å²) in [6.45, 7) is 1.43. The van der Waals surface area contributed by atoms with Gasteiger partial charge in [-0.05, 0) is 37.5 Å². The molecule has 0 bridgehead atoms. The predicted molar refractivity (Wildman–Crippen MR) is 74.7 cm³/mol. The zero-order valence-electron chi connectivity index (χ0n) is 10.6. The largest absolute Gasteiger partial charge is 0.352 e. The van der Waals surface area contributed by atoms with Gasteiger partial charge in [0.05, 0.1) is 5.75 Å². The Labute approximate surface area is 118 Å². The van der Waals surface area contributed by atoms with Crippen LogP contribution in [0, 0.1) is 0 Å². The lowest BCUT2D eigenvalue weighted by Gasteiger charge is -2.13. The Morgan fingerprint density at radius 2 is 2.16 bits per heavy atom. The Hall–Kier alpha value is -1.07. The maximum Gasteiger partial charge on any atom is 0.238 e. The normalized spacial score (nSPS) is 16.9. The summed E-state index contributed by atoms with van der Waals surface area (Å²) in [5.74, 6) is -0.586. The topological polar surface area (TPSA) is 63.2 Å². The van der Waals surface area contributed by atoms with E-state index in [1.54, 1.807) is 24.3 Å². The molecule has 1 atom stereocenters. The quantitative estimate of drug-likeness (QED) is 0.904. The van der Waals surface area contributed by atoms with Gasteiger partial charge in [-0.2, -0.15) is 0 Å². The Balaban J connectivity index is 2.06. The molecule has 1 aromatic carbocycles. The molecule has 2 rings (SSSR count). The monoisotopic (exact) mass is 301 g/mol. The highest BCUT2D eigenvalue weighted by molar-refractivity contribution is 7.92. The number of hydrogen-bond donors (Lipinski definition) is 1. The third-order valence-electron chi connectivity index (χ3n) is 3.09. The van der Waals surface area contributed by atoms with Crippen molar-refractivity contribution in [1.82, 2.24) is 5.32 Å². The minimum Gasteiger partial charge on any atom is -0.352 e. The molecular formula is C13H16ClNO3S. The standard InChI is InChI=1S/C13H16ClNO3S/c1-9(13(16)15-12-5-6-12)19(17,18)8-10-3-2-4-11(14)7-10/h2-4,7,9,12H,5-6,8H2,1H3,(H,15,16)/t9-/m0/s1. The molecule has 19 heavy (non-hydrogen) atoms. The van der Waals surface area contributed by atoms with E-state index in [2.05, 4.69) is 5.32 Å². The Morgan fingerprint density at radius 3 is 2.74 bits per heavy atom. The number of carbonyl (C=O) groups is 1. The van der Waals surface area contributed by atoms with Gasteiger partial charge in [0.25, 0.3) is 0 Å². The molecule has 0 unspecified atom stereocenters. The van der Waals surface area contributed by atoms with Gasteiger partial charge in [0.15, 0.2) is 9.84 Å². The summed E-state index contributed by atoms with van der Waals surface area (Å²) < 4.78 is 24.3. The van der Waals surface area contributed by atoms with E-state index in [-0.39, 0.29) is 11.8 Å². The van der Waals surface area contributed by atoms with Gasteiger partial charge < -0.3 is 5.32 Å². The lowest BCUT2D eigenvalue weighted by molar-refractivity contribution is -0.120. The fourth-order valence-corrected chi connectivity index (χ4v) is 3.19. The minimum absolute atomic E-state index is 0.163. The lowest BCUT2D eigenvalue weighted by Crippen LogP contribution is -2.39. The SMILES string of the molecule is C[C@@H](C(=O)NC1CC1)S(=O)(=O)Cc1cccc(Cl)c1. The zero-order valence-corrected chi connectivity index (χ0v) is 12.2. The molecule has 1 N–H and O–H groups in total. The van der Waals surface area contributed by atoms with E-state index >= 15 is 0 Å². The molecule has 1 aliphatic rings. The first-order valence-electron chi connectivity index (χ1n) is 6.15. The molecule has 0 spiro atoms. The highest BCUT2D eigenvalue weighted by Gasteiger charge is 2.32. The first-order chi connectivity index (χ1) is 8.88. The van der Waals surface area contributed by atoms with Crippen LogP contribution in [0.25, 0.3) is 0 Å². The third kappa shape index (κ3) is 3.94. The predicted octanol–water partition coefficient (Wildman–Crippen LogP) is 1.92. The van der Waals surface area contributed by atoms with Crippen molar-refractivity contribution in [3.8, 4) is 0 Å². The molecule has 1 saturated carbocycles. The highest BCUT2D eigenvalue weighted by atomic mass is 35.5. The van der Waals surface area contributed by atoms with Crippen molar-refractivity contribution in [1.29, 1.82) is 0 Å². The van der Waals surface area contributed by atoms with E-state index in [4.69, 9.17) is 11.6 Å². The number of nitrogens with one attached hydrogen (secondary N) is 1. The van der Waals surface area contributed by atoms with Crippen LogP contribution < -0.4 is 5.32 Å². The molecule has 4 nitrogen and oxygen atoms in total. The average molecular weight is 302 g/mol. The van der Waals surface area contributed by atoms with Crippen LogP contribution in [0.5, 0.6) is 0 Å². The van der Waals surface area contributed by atoms with Crippen LogP contribution in [-0.4, -0.2) is 25.6 Å². The second kappa shape index (κ2) is 5.51. The molecule has 104 valence electrons. The summed E-state index contributed by atoms with van der Waals surface area (Å²) >= 11 is 5.82. The van der Waals surface area contributed by atoms with E-state index in [1.807, 2.05) is 0 Å². The van der Waals surface area contributed by atoms with Crippen LogP contribution in [0.2, 0.25) is 5.02 Å². The van der Waals surface area contributed by atoms with Crippen molar-refractivity contribution in [2.24, 2.45) is 0 Å². The maximum atomic E-state index is 12.2. The number of benzene rings is 1. The Kier molecular flexibility index (Phi) is 4.16. The van der Waals surface area contributed by atoms with Gasteiger partial charge in [0.2, 0.25) is 5.91 Å². The van der Waals surface area contributed by atoms with E-state index < -0.39 is 21.0 Å². The zero-order chi connectivity index (χ0) is 14.0. The van der Waals surface area contributed by atoms with Gasteiger partial charge in [-0.3, -0.25) is 4.79 Å². The maximum absolute atomic E-state index is 12.2. The van der Waals surface area contributed by atoms with Gasteiger partial charge in [-0.15, -0.1) is 0 Å². The summed E-state index contributed by atoms with van der Waals surface area (Å²) in [5, 5.41) is 2.17. The van der Waals surface area contributed by atoms with Gasteiger partial charge in [0.1, 0.15) is 5.25 Å². The second-order valence-corrected chi connectivity index (χ2v) is 7.62. The molecule has 0 aromatic heterocycles. The summed E-state index contributed by atoms with van der Waals surface area (Å²) in [5.41, 5.74) is 0.596. The fourth-order valence-electron chi connectivity index (χ4n) is 1.69. The van der Waals surface area contributed by atoms with Gasteiger partial charge in [-0.25, -0.2) is 8.42 Å². The fraction of sp³-hybridized carbons (Fsp3) is 0.462.